The van der Waals surface area contributed by atoms with Crippen molar-refractivity contribution in [2.24, 2.45) is 0 Å². The molecule has 1 N–H and O–H groups in total. The predicted molar refractivity (Wildman–Crippen MR) is 156 cm³/mol. The van der Waals surface area contributed by atoms with Gasteiger partial charge in [0.05, 0.1) is 34.9 Å². The summed E-state index contributed by atoms with van der Waals surface area (Å²) in [5.74, 6) is -1.04. The molecule has 5 heterocycles. The van der Waals surface area contributed by atoms with Crippen LogP contribution < -0.4 is 15.6 Å². The van der Waals surface area contributed by atoms with E-state index in [1.165, 1.54) is 17.4 Å². The number of likely N-dealkylation sites (tertiary alicyclic amines) is 1. The number of nitrogens with zero attached hydrogens (tertiary/aromatic N) is 4. The van der Waals surface area contributed by atoms with Gasteiger partial charge in [-0.25, -0.2) is 14.2 Å². The Hall–Kier alpha value is -3.77. The maximum absolute atomic E-state index is 15.4. The van der Waals surface area contributed by atoms with Crippen LogP contribution in [0.1, 0.15) is 44.0 Å². The normalized spacial score (nSPS) is 18.0. The molecular formula is C29H32FN5O5S. The van der Waals surface area contributed by atoms with E-state index in [1.807, 2.05) is 49.9 Å². The molecule has 4 aromatic rings. The summed E-state index contributed by atoms with van der Waals surface area (Å²) in [4.78, 5) is 48.7. The smallest absolute Gasteiger partial charge is 0.410 e. The third-order valence-corrected chi connectivity index (χ3v) is 8.54. The number of thiazole rings is 1. The second-order valence-corrected chi connectivity index (χ2v) is 12.4. The van der Waals surface area contributed by atoms with Gasteiger partial charge in [-0.15, -0.1) is 11.3 Å². The Morgan fingerprint density at radius 3 is 2.71 bits per heavy atom. The van der Waals surface area contributed by atoms with Gasteiger partial charge in [-0.3, -0.25) is 14.0 Å². The fourth-order valence-electron chi connectivity index (χ4n) is 5.50. The van der Waals surface area contributed by atoms with E-state index in [4.69, 9.17) is 9.47 Å². The number of rotatable bonds is 4. The van der Waals surface area contributed by atoms with E-state index in [-0.39, 0.29) is 29.4 Å². The van der Waals surface area contributed by atoms with Crippen LogP contribution in [-0.2, 0) is 9.47 Å². The molecule has 12 heteroatoms. The summed E-state index contributed by atoms with van der Waals surface area (Å²) in [6.07, 6.45) is 1.06. The Kier molecular flexibility index (Phi) is 7.06. The fourth-order valence-corrected chi connectivity index (χ4v) is 6.69. The first kappa shape index (κ1) is 27.4. The quantitative estimate of drug-likeness (QED) is 0.386. The SMILES string of the molecule is CC(C)(C)OC(=O)N1CCCC1CNC(=O)c1c(=O)c2cc(F)c(N3CCOCC3)nc2n2c1sc1ccccc12. The molecule has 2 aliphatic rings. The Morgan fingerprint density at radius 1 is 1.20 bits per heavy atom. The number of aromatic nitrogens is 2. The molecule has 0 spiro atoms. The van der Waals surface area contributed by atoms with Crippen LogP contribution in [0.5, 0.6) is 0 Å². The van der Waals surface area contributed by atoms with Gasteiger partial charge in [-0.2, -0.15) is 0 Å². The summed E-state index contributed by atoms with van der Waals surface area (Å²) in [6, 6.07) is 8.48. The third-order valence-electron chi connectivity index (χ3n) is 7.39. The van der Waals surface area contributed by atoms with Gasteiger partial charge < -0.3 is 24.6 Å². The topological polar surface area (TPSA) is 105 Å². The summed E-state index contributed by atoms with van der Waals surface area (Å²) < 4.78 is 29.0. The predicted octanol–water partition coefficient (Wildman–Crippen LogP) is 4.17. The van der Waals surface area contributed by atoms with Crippen LogP contribution >= 0.6 is 11.3 Å². The Balaban J connectivity index is 1.40. The number of fused-ring (bicyclic) bond motifs is 5. The highest BCUT2D eigenvalue weighted by Crippen LogP contribution is 2.32. The van der Waals surface area contributed by atoms with E-state index < -0.39 is 28.8 Å². The lowest BCUT2D eigenvalue weighted by Crippen LogP contribution is -2.45. The van der Waals surface area contributed by atoms with E-state index in [2.05, 4.69) is 10.3 Å². The van der Waals surface area contributed by atoms with Crippen LogP contribution in [0.3, 0.4) is 0 Å². The molecule has 41 heavy (non-hydrogen) atoms. The Bertz CT molecular complexity index is 1720. The minimum Gasteiger partial charge on any atom is -0.444 e. The van der Waals surface area contributed by atoms with Crippen molar-refractivity contribution in [2.45, 2.75) is 45.3 Å². The molecule has 0 saturated carbocycles. The van der Waals surface area contributed by atoms with E-state index >= 15 is 4.39 Å². The molecule has 10 nitrogen and oxygen atoms in total. The highest BCUT2D eigenvalue weighted by molar-refractivity contribution is 7.24. The van der Waals surface area contributed by atoms with Gasteiger partial charge in [-0.1, -0.05) is 12.1 Å². The summed E-state index contributed by atoms with van der Waals surface area (Å²) in [5.41, 5.74) is -0.218. The van der Waals surface area contributed by atoms with Gasteiger partial charge in [0.25, 0.3) is 5.91 Å². The molecule has 3 aromatic heterocycles. The van der Waals surface area contributed by atoms with Crippen LogP contribution in [0.25, 0.3) is 26.1 Å². The van der Waals surface area contributed by atoms with Crippen LogP contribution in [0.2, 0.25) is 0 Å². The highest BCUT2D eigenvalue weighted by Gasteiger charge is 2.33. The van der Waals surface area contributed by atoms with Crippen molar-refractivity contribution in [3.8, 4) is 0 Å². The maximum Gasteiger partial charge on any atom is 0.410 e. The lowest BCUT2D eigenvalue weighted by molar-refractivity contribution is 0.0225. The first-order valence-corrected chi connectivity index (χ1v) is 14.6. The van der Waals surface area contributed by atoms with Gasteiger partial charge in [0.15, 0.2) is 17.3 Å². The number of ether oxygens (including phenoxy) is 2. The number of hydrogen-bond donors (Lipinski definition) is 1. The van der Waals surface area contributed by atoms with Gasteiger partial charge in [0.2, 0.25) is 5.43 Å². The molecule has 0 aliphatic carbocycles. The van der Waals surface area contributed by atoms with Crippen LogP contribution in [0, 0.1) is 5.82 Å². The number of morpholine rings is 1. The number of para-hydroxylation sites is 1. The minimum absolute atomic E-state index is 0.0296. The van der Waals surface area contributed by atoms with E-state index in [9.17, 15) is 14.4 Å². The molecule has 1 unspecified atom stereocenters. The van der Waals surface area contributed by atoms with Crippen LogP contribution in [-0.4, -0.2) is 77.3 Å². The number of halogens is 1. The van der Waals surface area contributed by atoms with Crippen molar-refractivity contribution in [1.82, 2.24) is 19.6 Å². The summed E-state index contributed by atoms with van der Waals surface area (Å²) in [5, 5.41) is 2.91. The molecule has 6 rings (SSSR count). The Labute approximate surface area is 239 Å². The van der Waals surface area contributed by atoms with Crippen molar-refractivity contribution in [2.75, 3.05) is 44.3 Å². The molecule has 1 atom stereocenters. The molecule has 2 amide bonds. The van der Waals surface area contributed by atoms with E-state index in [1.54, 1.807) is 9.30 Å². The number of pyridine rings is 2. The molecular weight excluding hydrogens is 549 g/mol. The number of anilines is 1. The zero-order valence-corrected chi connectivity index (χ0v) is 24.1. The zero-order valence-electron chi connectivity index (χ0n) is 23.2. The van der Waals surface area contributed by atoms with Gasteiger partial charge in [0.1, 0.15) is 16.0 Å². The summed E-state index contributed by atoms with van der Waals surface area (Å²) in [7, 11) is 0. The molecule has 2 saturated heterocycles. The first-order chi connectivity index (χ1) is 19.6. The second-order valence-electron chi connectivity index (χ2n) is 11.4. The van der Waals surface area contributed by atoms with Crippen LogP contribution in [0.4, 0.5) is 15.0 Å². The van der Waals surface area contributed by atoms with Crippen molar-refractivity contribution < 1.29 is 23.5 Å². The molecule has 0 bridgehead atoms. The van der Waals surface area contributed by atoms with E-state index in [0.717, 1.165) is 16.6 Å². The molecule has 216 valence electrons. The highest BCUT2D eigenvalue weighted by atomic mass is 32.1. The van der Waals surface area contributed by atoms with Crippen molar-refractivity contribution in [1.29, 1.82) is 0 Å². The number of amides is 2. The zero-order chi connectivity index (χ0) is 28.9. The minimum atomic E-state index is -0.634. The van der Waals surface area contributed by atoms with Crippen molar-refractivity contribution in [3.05, 3.63) is 51.9 Å². The number of benzene rings is 1. The fraction of sp³-hybridized carbons (Fsp3) is 0.448. The van der Waals surface area contributed by atoms with Gasteiger partial charge >= 0.3 is 6.09 Å². The van der Waals surface area contributed by atoms with Crippen molar-refractivity contribution in [3.63, 3.8) is 0 Å². The molecule has 1 aromatic carbocycles. The lowest BCUT2D eigenvalue weighted by Gasteiger charge is -2.28. The van der Waals surface area contributed by atoms with Crippen molar-refractivity contribution >= 4 is 55.2 Å². The number of carbonyl (C=O) groups is 2. The van der Waals surface area contributed by atoms with Gasteiger partial charge in [-0.05, 0) is 51.8 Å². The largest absolute Gasteiger partial charge is 0.444 e. The van der Waals surface area contributed by atoms with Gasteiger partial charge in [0, 0.05) is 26.2 Å². The standard InChI is InChI=1S/C29H32FN5O5S/c1-29(2,3)40-28(38)34-10-6-7-17(34)16-31-26(37)22-23(36)18-15-19(30)25(33-11-13-39-14-12-33)32-24(18)35-20-8-4-5-9-21(20)41-27(22)35/h4-5,8-9,15,17H,6-7,10-14,16H2,1-3H3,(H,31,37). The second kappa shape index (κ2) is 10.6. The summed E-state index contributed by atoms with van der Waals surface area (Å²) in [6.45, 7) is 8.01. The first-order valence-electron chi connectivity index (χ1n) is 13.8. The maximum atomic E-state index is 15.4. The summed E-state index contributed by atoms with van der Waals surface area (Å²) >= 11 is 1.31. The monoisotopic (exact) mass is 581 g/mol. The molecule has 2 fully saturated rings. The molecule has 2 aliphatic heterocycles. The number of hydrogen-bond acceptors (Lipinski definition) is 8. The average Bonchev–Trinajstić information content (AvgIpc) is 3.56. The third kappa shape index (κ3) is 5.10. The van der Waals surface area contributed by atoms with E-state index in [0.29, 0.717) is 49.7 Å². The number of nitrogens with one attached hydrogen (secondary N) is 1. The van der Waals surface area contributed by atoms with Crippen LogP contribution in [0.15, 0.2) is 35.1 Å². The number of carbonyl (C=O) groups excluding carboxylic acids is 2. The lowest BCUT2D eigenvalue weighted by atomic mass is 10.1. The average molecular weight is 582 g/mol. The molecule has 0 radical (unpaired) electrons. The Morgan fingerprint density at radius 2 is 1.95 bits per heavy atom.